The van der Waals surface area contributed by atoms with Gasteiger partial charge in [0.25, 0.3) is 0 Å². The molecule has 0 bridgehead atoms. The topological polar surface area (TPSA) is 78.9 Å². The van der Waals surface area contributed by atoms with E-state index in [1.807, 2.05) is 20.8 Å². The zero-order valence-electron chi connectivity index (χ0n) is 13.1. The number of hydrogen-bond acceptors (Lipinski definition) is 4. The fraction of sp³-hybridized carbons (Fsp3) is 0.867. The number of nitrogens with one attached hydrogen (secondary N) is 1. The lowest BCUT2D eigenvalue weighted by Gasteiger charge is -2.35. The SMILES string of the molecule is CC(C)(C)OC(=O)NC1CCC(N2CC(O)CC2=O)CC1. The first-order valence-electron chi connectivity index (χ1n) is 7.71. The van der Waals surface area contributed by atoms with Crippen molar-refractivity contribution in [3.8, 4) is 0 Å². The highest BCUT2D eigenvalue weighted by Gasteiger charge is 2.35. The Bertz CT molecular complexity index is 397. The minimum absolute atomic E-state index is 0.0473. The fourth-order valence-electron chi connectivity index (χ4n) is 3.07. The quantitative estimate of drug-likeness (QED) is 0.808. The molecule has 1 saturated heterocycles. The lowest BCUT2D eigenvalue weighted by molar-refractivity contribution is -0.130. The van der Waals surface area contributed by atoms with E-state index in [2.05, 4.69) is 5.32 Å². The molecule has 6 heteroatoms. The molecule has 6 nitrogen and oxygen atoms in total. The van der Waals surface area contributed by atoms with Crippen molar-refractivity contribution in [1.29, 1.82) is 0 Å². The van der Waals surface area contributed by atoms with E-state index in [9.17, 15) is 14.7 Å². The number of carbonyl (C=O) groups excluding carboxylic acids is 2. The monoisotopic (exact) mass is 298 g/mol. The van der Waals surface area contributed by atoms with Crippen molar-refractivity contribution in [2.24, 2.45) is 0 Å². The molecule has 120 valence electrons. The van der Waals surface area contributed by atoms with Crippen LogP contribution in [0.5, 0.6) is 0 Å². The summed E-state index contributed by atoms with van der Waals surface area (Å²) in [5.74, 6) is 0.0473. The second kappa shape index (κ2) is 6.22. The predicted octanol–water partition coefficient (Wildman–Crippen LogP) is 1.42. The molecule has 1 atom stereocenters. The number of likely N-dealkylation sites (tertiary alicyclic amines) is 1. The molecule has 0 aromatic rings. The molecule has 0 aromatic carbocycles. The van der Waals surface area contributed by atoms with Crippen LogP contribution in [0.3, 0.4) is 0 Å². The van der Waals surface area contributed by atoms with E-state index in [0.717, 1.165) is 25.7 Å². The van der Waals surface area contributed by atoms with Gasteiger partial charge >= 0.3 is 6.09 Å². The van der Waals surface area contributed by atoms with Crippen molar-refractivity contribution in [3.63, 3.8) is 0 Å². The number of amides is 2. The summed E-state index contributed by atoms with van der Waals surface area (Å²) in [6.07, 6.45) is 2.75. The Labute approximate surface area is 125 Å². The zero-order chi connectivity index (χ0) is 15.6. The molecule has 2 aliphatic rings. The average Bonchev–Trinajstić information content (AvgIpc) is 2.67. The standard InChI is InChI=1S/C15H26N2O4/c1-15(2,3)21-14(20)16-10-4-6-11(7-5-10)17-9-12(18)8-13(17)19/h10-12,18H,4-9H2,1-3H3,(H,16,20). The van der Waals surface area contributed by atoms with E-state index in [4.69, 9.17) is 4.74 Å². The number of rotatable bonds is 2. The first-order chi connectivity index (χ1) is 9.74. The second-order valence-electron chi connectivity index (χ2n) is 7.06. The van der Waals surface area contributed by atoms with Crippen LogP contribution in [0.15, 0.2) is 0 Å². The van der Waals surface area contributed by atoms with Crippen LogP contribution in [0.1, 0.15) is 52.9 Å². The number of carbonyl (C=O) groups is 2. The van der Waals surface area contributed by atoms with E-state index >= 15 is 0 Å². The van der Waals surface area contributed by atoms with Crippen molar-refractivity contribution in [2.45, 2.75) is 76.7 Å². The molecular weight excluding hydrogens is 272 g/mol. The Morgan fingerprint density at radius 1 is 1.29 bits per heavy atom. The molecule has 21 heavy (non-hydrogen) atoms. The van der Waals surface area contributed by atoms with Gasteiger partial charge in [0.1, 0.15) is 5.60 Å². The molecule has 2 fully saturated rings. The number of aliphatic hydroxyl groups excluding tert-OH is 1. The van der Waals surface area contributed by atoms with Gasteiger partial charge in [0.05, 0.1) is 12.5 Å². The number of hydrogen-bond donors (Lipinski definition) is 2. The summed E-state index contributed by atoms with van der Waals surface area (Å²) in [5.41, 5.74) is -0.487. The summed E-state index contributed by atoms with van der Waals surface area (Å²) in [7, 11) is 0. The van der Waals surface area contributed by atoms with Crippen LogP contribution >= 0.6 is 0 Å². The van der Waals surface area contributed by atoms with Crippen molar-refractivity contribution < 1.29 is 19.4 Å². The summed E-state index contributed by atoms with van der Waals surface area (Å²) < 4.78 is 5.25. The normalized spacial score (nSPS) is 30.4. The van der Waals surface area contributed by atoms with Gasteiger partial charge < -0.3 is 20.1 Å². The van der Waals surface area contributed by atoms with Gasteiger partial charge in [0.2, 0.25) is 5.91 Å². The number of β-amino-alcohol motifs (C(OH)–C–C–N with tert-alkyl or cyclic N) is 1. The number of nitrogens with zero attached hydrogens (tertiary/aromatic N) is 1. The van der Waals surface area contributed by atoms with Gasteiger partial charge in [-0.1, -0.05) is 0 Å². The largest absolute Gasteiger partial charge is 0.444 e. The molecule has 2 amide bonds. The first-order valence-corrected chi connectivity index (χ1v) is 7.71. The second-order valence-corrected chi connectivity index (χ2v) is 7.06. The zero-order valence-corrected chi connectivity index (χ0v) is 13.1. The third kappa shape index (κ3) is 4.59. The highest BCUT2D eigenvalue weighted by atomic mass is 16.6. The van der Waals surface area contributed by atoms with Gasteiger partial charge in [-0.2, -0.15) is 0 Å². The molecule has 1 aliphatic heterocycles. The highest BCUT2D eigenvalue weighted by Crippen LogP contribution is 2.27. The summed E-state index contributed by atoms with van der Waals surface area (Å²) in [5, 5.41) is 12.4. The van der Waals surface area contributed by atoms with Gasteiger partial charge in [-0.15, -0.1) is 0 Å². The van der Waals surface area contributed by atoms with E-state index < -0.39 is 11.7 Å². The van der Waals surface area contributed by atoms with Crippen molar-refractivity contribution in [2.75, 3.05) is 6.54 Å². The van der Waals surface area contributed by atoms with Crippen LogP contribution in [-0.4, -0.2) is 52.3 Å². The van der Waals surface area contributed by atoms with Gasteiger partial charge in [-0.25, -0.2) is 4.79 Å². The Morgan fingerprint density at radius 3 is 2.38 bits per heavy atom. The van der Waals surface area contributed by atoms with Crippen LogP contribution in [-0.2, 0) is 9.53 Å². The van der Waals surface area contributed by atoms with Crippen molar-refractivity contribution in [1.82, 2.24) is 10.2 Å². The maximum Gasteiger partial charge on any atom is 0.407 e. The van der Waals surface area contributed by atoms with Crippen LogP contribution in [0.4, 0.5) is 4.79 Å². The molecule has 1 unspecified atom stereocenters. The van der Waals surface area contributed by atoms with Crippen LogP contribution < -0.4 is 5.32 Å². The number of ether oxygens (including phenoxy) is 1. The van der Waals surface area contributed by atoms with Crippen molar-refractivity contribution in [3.05, 3.63) is 0 Å². The maximum absolute atomic E-state index is 11.8. The fourth-order valence-corrected chi connectivity index (χ4v) is 3.07. The van der Waals surface area contributed by atoms with Crippen LogP contribution in [0.2, 0.25) is 0 Å². The lowest BCUT2D eigenvalue weighted by Crippen LogP contribution is -2.45. The summed E-state index contributed by atoms with van der Waals surface area (Å²) in [6.45, 7) is 5.98. The molecule has 2 rings (SSSR count). The Kier molecular flexibility index (Phi) is 4.76. The number of alkyl carbamates (subject to hydrolysis) is 1. The van der Waals surface area contributed by atoms with Gasteiger partial charge in [-0.05, 0) is 46.5 Å². The molecule has 0 aromatic heterocycles. The molecule has 1 heterocycles. The minimum atomic E-state index is -0.518. The predicted molar refractivity (Wildman–Crippen MR) is 77.8 cm³/mol. The highest BCUT2D eigenvalue weighted by molar-refractivity contribution is 5.79. The van der Waals surface area contributed by atoms with E-state index in [1.54, 1.807) is 4.90 Å². The smallest absolute Gasteiger partial charge is 0.407 e. The summed E-state index contributed by atoms with van der Waals surface area (Å²) in [6, 6.07) is 0.310. The third-order valence-corrected chi connectivity index (χ3v) is 4.00. The van der Waals surface area contributed by atoms with Crippen LogP contribution in [0, 0.1) is 0 Å². The molecule has 0 radical (unpaired) electrons. The Balaban J connectivity index is 1.76. The molecular formula is C15H26N2O4. The van der Waals surface area contributed by atoms with Gasteiger partial charge in [0.15, 0.2) is 0 Å². The van der Waals surface area contributed by atoms with E-state index in [1.165, 1.54) is 0 Å². The molecule has 2 N–H and O–H groups in total. The van der Waals surface area contributed by atoms with E-state index in [-0.39, 0.29) is 30.5 Å². The average molecular weight is 298 g/mol. The Morgan fingerprint density at radius 2 is 1.90 bits per heavy atom. The minimum Gasteiger partial charge on any atom is -0.444 e. The first kappa shape index (κ1) is 16.1. The number of aliphatic hydroxyl groups is 1. The third-order valence-electron chi connectivity index (χ3n) is 4.00. The van der Waals surface area contributed by atoms with Gasteiger partial charge in [0, 0.05) is 18.6 Å². The lowest BCUT2D eigenvalue weighted by atomic mass is 9.90. The van der Waals surface area contributed by atoms with Crippen molar-refractivity contribution >= 4 is 12.0 Å². The van der Waals surface area contributed by atoms with E-state index in [0.29, 0.717) is 6.54 Å². The molecule has 0 spiro atoms. The molecule has 1 aliphatic carbocycles. The Hall–Kier alpha value is -1.30. The summed E-state index contributed by atoms with van der Waals surface area (Å²) in [4.78, 5) is 25.3. The maximum atomic E-state index is 11.8. The van der Waals surface area contributed by atoms with Crippen LogP contribution in [0.25, 0.3) is 0 Å². The molecule has 1 saturated carbocycles. The summed E-state index contributed by atoms with van der Waals surface area (Å²) >= 11 is 0. The van der Waals surface area contributed by atoms with Gasteiger partial charge in [-0.3, -0.25) is 4.79 Å².